The molecule has 0 bridgehead atoms. The molecule has 0 unspecified atom stereocenters. The first kappa shape index (κ1) is 13.7. The van der Waals surface area contributed by atoms with E-state index in [2.05, 4.69) is 12.2 Å². The van der Waals surface area contributed by atoms with Crippen LogP contribution in [0.1, 0.15) is 43.0 Å². The molecule has 0 aliphatic rings. The van der Waals surface area contributed by atoms with Gasteiger partial charge in [0.2, 0.25) is 5.91 Å². The molecule has 0 heterocycles. The van der Waals surface area contributed by atoms with Crippen LogP contribution in [0, 0.1) is 0 Å². The van der Waals surface area contributed by atoms with Crippen molar-refractivity contribution in [2.24, 2.45) is 0 Å². The second kappa shape index (κ2) is 7.07. The molecule has 0 aliphatic heterocycles. The molecule has 0 radical (unpaired) electrons. The molecule has 0 saturated heterocycles. The van der Waals surface area contributed by atoms with Crippen LogP contribution in [0.3, 0.4) is 0 Å². The summed E-state index contributed by atoms with van der Waals surface area (Å²) >= 11 is 5.32. The van der Waals surface area contributed by atoms with Gasteiger partial charge in [0.05, 0.1) is 0 Å². The Morgan fingerprint density at radius 1 is 1.18 bits per heavy atom. The zero-order valence-electron chi connectivity index (χ0n) is 9.83. The molecule has 1 aromatic carbocycles. The van der Waals surface area contributed by atoms with Crippen LogP contribution in [0.5, 0.6) is 0 Å². The summed E-state index contributed by atoms with van der Waals surface area (Å²) in [7, 11) is 0. The maximum Gasteiger partial charge on any atom is 0.252 e. The molecular weight excluding hydrogens is 238 g/mol. The minimum absolute atomic E-state index is 0.00315. The van der Waals surface area contributed by atoms with Gasteiger partial charge >= 0.3 is 0 Å². The van der Waals surface area contributed by atoms with E-state index in [1.807, 2.05) is 0 Å². The van der Waals surface area contributed by atoms with E-state index in [1.165, 1.54) is 0 Å². The van der Waals surface area contributed by atoms with Crippen molar-refractivity contribution in [2.45, 2.75) is 32.6 Å². The number of hydrogen-bond acceptors (Lipinski definition) is 2. The third kappa shape index (κ3) is 5.00. The number of amides is 1. The Labute approximate surface area is 106 Å². The van der Waals surface area contributed by atoms with Crippen LogP contribution >= 0.6 is 11.6 Å². The van der Waals surface area contributed by atoms with Crippen molar-refractivity contribution < 1.29 is 9.59 Å². The number of nitrogens with one attached hydrogen (secondary N) is 1. The summed E-state index contributed by atoms with van der Waals surface area (Å²) in [4.78, 5) is 22.3. The Hall–Kier alpha value is -1.35. The Kier molecular flexibility index (Phi) is 5.70. The highest BCUT2D eigenvalue weighted by molar-refractivity contribution is 6.67. The second-order valence-corrected chi connectivity index (χ2v) is 4.20. The lowest BCUT2D eigenvalue weighted by molar-refractivity contribution is -0.116. The summed E-state index contributed by atoms with van der Waals surface area (Å²) in [5, 5.41) is 2.28. The number of carbonyl (C=O) groups is 2. The van der Waals surface area contributed by atoms with Crippen molar-refractivity contribution in [2.75, 3.05) is 5.32 Å². The first-order valence-electron chi connectivity index (χ1n) is 5.73. The smallest absolute Gasteiger partial charge is 0.252 e. The van der Waals surface area contributed by atoms with E-state index in [4.69, 9.17) is 11.6 Å². The molecule has 1 rings (SSSR count). The highest BCUT2D eigenvalue weighted by atomic mass is 35.5. The SMILES string of the molecule is CCCCCC(=O)Nc1ccc(C(=O)Cl)cc1. The van der Waals surface area contributed by atoms with Crippen LogP contribution in [-0.2, 0) is 4.79 Å². The first-order valence-corrected chi connectivity index (χ1v) is 6.11. The molecule has 0 atom stereocenters. The van der Waals surface area contributed by atoms with Crippen molar-refractivity contribution >= 4 is 28.4 Å². The van der Waals surface area contributed by atoms with E-state index in [0.29, 0.717) is 17.7 Å². The summed E-state index contributed by atoms with van der Waals surface area (Å²) in [5.41, 5.74) is 1.11. The summed E-state index contributed by atoms with van der Waals surface area (Å²) in [6.07, 6.45) is 3.59. The summed E-state index contributed by atoms with van der Waals surface area (Å²) in [6.45, 7) is 2.10. The molecule has 0 fully saturated rings. The van der Waals surface area contributed by atoms with Crippen LogP contribution in [0.4, 0.5) is 5.69 Å². The minimum atomic E-state index is -0.495. The van der Waals surface area contributed by atoms with Crippen LogP contribution in [0.15, 0.2) is 24.3 Å². The number of rotatable bonds is 6. The third-order valence-corrected chi connectivity index (χ3v) is 2.62. The van der Waals surface area contributed by atoms with Gasteiger partial charge in [0.15, 0.2) is 0 Å². The predicted octanol–water partition coefficient (Wildman–Crippen LogP) is 3.58. The van der Waals surface area contributed by atoms with Crippen molar-refractivity contribution in [1.29, 1.82) is 0 Å². The average Bonchev–Trinajstić information content (AvgIpc) is 2.30. The van der Waals surface area contributed by atoms with Gasteiger partial charge in [-0.3, -0.25) is 9.59 Å². The lowest BCUT2D eigenvalue weighted by Gasteiger charge is -2.05. The topological polar surface area (TPSA) is 46.2 Å². The highest BCUT2D eigenvalue weighted by Crippen LogP contribution is 2.12. The Balaban J connectivity index is 2.46. The quantitative estimate of drug-likeness (QED) is 0.622. The van der Waals surface area contributed by atoms with Crippen LogP contribution in [0.25, 0.3) is 0 Å². The molecule has 0 saturated carbocycles. The summed E-state index contributed by atoms with van der Waals surface area (Å²) < 4.78 is 0. The van der Waals surface area contributed by atoms with Gasteiger partial charge in [0.1, 0.15) is 0 Å². The zero-order chi connectivity index (χ0) is 12.7. The lowest BCUT2D eigenvalue weighted by atomic mass is 10.2. The van der Waals surface area contributed by atoms with Gasteiger partial charge in [-0.25, -0.2) is 0 Å². The molecule has 1 aromatic rings. The summed E-state index contributed by atoms with van der Waals surface area (Å²) in [6, 6.07) is 6.54. The fourth-order valence-electron chi connectivity index (χ4n) is 1.44. The molecule has 1 amide bonds. The normalized spacial score (nSPS) is 10.0. The zero-order valence-corrected chi connectivity index (χ0v) is 10.6. The van der Waals surface area contributed by atoms with Crippen LogP contribution < -0.4 is 5.32 Å². The Morgan fingerprint density at radius 2 is 1.82 bits per heavy atom. The maximum atomic E-state index is 11.5. The van der Waals surface area contributed by atoms with E-state index >= 15 is 0 Å². The number of benzene rings is 1. The van der Waals surface area contributed by atoms with E-state index in [-0.39, 0.29) is 5.91 Å². The van der Waals surface area contributed by atoms with Crippen molar-refractivity contribution in [3.8, 4) is 0 Å². The number of unbranched alkanes of at least 4 members (excludes halogenated alkanes) is 2. The predicted molar refractivity (Wildman–Crippen MR) is 69.4 cm³/mol. The molecule has 0 aromatic heterocycles. The van der Waals surface area contributed by atoms with Crippen LogP contribution in [0.2, 0.25) is 0 Å². The van der Waals surface area contributed by atoms with E-state index in [1.54, 1.807) is 24.3 Å². The van der Waals surface area contributed by atoms with Gasteiger partial charge in [-0.05, 0) is 42.3 Å². The monoisotopic (exact) mass is 253 g/mol. The average molecular weight is 254 g/mol. The van der Waals surface area contributed by atoms with Gasteiger partial charge in [0, 0.05) is 17.7 Å². The molecule has 4 heteroatoms. The van der Waals surface area contributed by atoms with E-state index in [9.17, 15) is 9.59 Å². The number of halogens is 1. The molecule has 3 nitrogen and oxygen atoms in total. The van der Waals surface area contributed by atoms with Gasteiger partial charge in [-0.15, -0.1) is 0 Å². The van der Waals surface area contributed by atoms with Crippen molar-refractivity contribution in [3.05, 3.63) is 29.8 Å². The number of carbonyl (C=O) groups excluding carboxylic acids is 2. The minimum Gasteiger partial charge on any atom is -0.326 e. The standard InChI is InChI=1S/C13H16ClNO2/c1-2-3-4-5-12(16)15-11-8-6-10(7-9-11)13(14)17/h6-9H,2-5H2,1H3,(H,15,16). The van der Waals surface area contributed by atoms with Gasteiger partial charge < -0.3 is 5.32 Å². The molecule has 0 spiro atoms. The Morgan fingerprint density at radius 3 is 2.35 bits per heavy atom. The van der Waals surface area contributed by atoms with E-state index < -0.39 is 5.24 Å². The first-order chi connectivity index (χ1) is 8.13. The summed E-state index contributed by atoms with van der Waals surface area (Å²) in [5.74, 6) is 0.00315. The van der Waals surface area contributed by atoms with Crippen molar-refractivity contribution in [1.82, 2.24) is 0 Å². The Bertz CT molecular complexity index is 387. The maximum absolute atomic E-state index is 11.5. The third-order valence-electron chi connectivity index (χ3n) is 2.40. The molecule has 0 aliphatic carbocycles. The number of hydrogen-bond donors (Lipinski definition) is 1. The molecule has 17 heavy (non-hydrogen) atoms. The lowest BCUT2D eigenvalue weighted by Crippen LogP contribution is -2.11. The molecule has 92 valence electrons. The van der Waals surface area contributed by atoms with Gasteiger partial charge in [-0.2, -0.15) is 0 Å². The van der Waals surface area contributed by atoms with Gasteiger partial charge in [-0.1, -0.05) is 19.8 Å². The molecular formula is C13H16ClNO2. The number of anilines is 1. The second-order valence-electron chi connectivity index (χ2n) is 3.86. The highest BCUT2D eigenvalue weighted by Gasteiger charge is 2.04. The fourth-order valence-corrected chi connectivity index (χ4v) is 1.57. The largest absolute Gasteiger partial charge is 0.326 e. The van der Waals surface area contributed by atoms with E-state index in [0.717, 1.165) is 19.3 Å². The fraction of sp³-hybridized carbons (Fsp3) is 0.385. The van der Waals surface area contributed by atoms with Crippen LogP contribution in [-0.4, -0.2) is 11.1 Å². The molecule has 1 N–H and O–H groups in total. The van der Waals surface area contributed by atoms with Gasteiger partial charge in [0.25, 0.3) is 5.24 Å². The van der Waals surface area contributed by atoms with Crippen molar-refractivity contribution in [3.63, 3.8) is 0 Å².